The maximum atomic E-state index is 12.4. The number of carbonyl (C=O) groups is 1. The van der Waals surface area contributed by atoms with Crippen molar-refractivity contribution in [2.24, 2.45) is 5.92 Å². The molecule has 31 heavy (non-hydrogen) atoms. The molecule has 3 rings (SSSR count). The number of nitrogens with zero attached hydrogens (tertiary/aromatic N) is 3. The number of amides is 1. The summed E-state index contributed by atoms with van der Waals surface area (Å²) in [6, 6.07) is 13.5. The number of hydrogen-bond donors (Lipinski definition) is 1. The number of nitriles is 1. The molecule has 1 N–H and O–H groups in total. The molecule has 6 nitrogen and oxygen atoms in total. The molecule has 1 aromatic carbocycles. The maximum absolute atomic E-state index is 12.4. The van der Waals surface area contributed by atoms with Crippen LogP contribution in [0, 0.1) is 17.2 Å². The minimum Gasteiger partial charge on any atom is -0.497 e. The molecule has 0 fully saturated rings. The number of rotatable bonds is 9. The van der Waals surface area contributed by atoms with Crippen molar-refractivity contribution in [2.45, 2.75) is 31.7 Å². The number of hydrogen-bond acceptors (Lipinski definition) is 7. The Morgan fingerprint density at radius 2 is 2.13 bits per heavy atom. The van der Waals surface area contributed by atoms with Gasteiger partial charge in [-0.2, -0.15) is 5.26 Å². The van der Waals surface area contributed by atoms with E-state index in [4.69, 9.17) is 4.74 Å². The van der Waals surface area contributed by atoms with Gasteiger partial charge in [0, 0.05) is 28.8 Å². The van der Waals surface area contributed by atoms with Crippen molar-refractivity contribution in [1.29, 1.82) is 5.26 Å². The molecular weight excluding hydrogens is 428 g/mol. The van der Waals surface area contributed by atoms with Gasteiger partial charge in [0.2, 0.25) is 5.91 Å². The van der Waals surface area contributed by atoms with Crippen LogP contribution in [-0.2, 0) is 11.2 Å². The molecule has 0 saturated carbocycles. The monoisotopic (exact) mass is 452 g/mol. The fraction of sp³-hybridized carbons (Fsp3) is 0.304. The van der Waals surface area contributed by atoms with Gasteiger partial charge in [0.05, 0.1) is 18.4 Å². The minimum absolute atomic E-state index is 0.115. The van der Waals surface area contributed by atoms with E-state index in [0.717, 1.165) is 29.1 Å². The normalized spacial score (nSPS) is 10.7. The summed E-state index contributed by atoms with van der Waals surface area (Å²) >= 11 is 2.82. The molecule has 0 unspecified atom stereocenters. The van der Waals surface area contributed by atoms with Gasteiger partial charge in [0.25, 0.3) is 0 Å². The van der Waals surface area contributed by atoms with Crippen molar-refractivity contribution >= 4 is 34.1 Å². The van der Waals surface area contributed by atoms with E-state index in [-0.39, 0.29) is 5.91 Å². The first-order valence-electron chi connectivity index (χ1n) is 9.91. The van der Waals surface area contributed by atoms with Gasteiger partial charge in [0.1, 0.15) is 16.8 Å². The van der Waals surface area contributed by atoms with Crippen LogP contribution in [0.1, 0.15) is 31.5 Å². The Morgan fingerprint density at radius 1 is 1.29 bits per heavy atom. The number of anilines is 1. The third-order valence-electron chi connectivity index (χ3n) is 4.34. The number of pyridine rings is 1. The zero-order valence-corrected chi connectivity index (χ0v) is 19.3. The summed E-state index contributed by atoms with van der Waals surface area (Å²) in [5, 5.41) is 15.3. The summed E-state index contributed by atoms with van der Waals surface area (Å²) in [6.45, 7) is 4.27. The number of thiazole rings is 1. The van der Waals surface area contributed by atoms with E-state index in [1.807, 2.05) is 41.8 Å². The highest BCUT2D eigenvalue weighted by Crippen LogP contribution is 2.28. The van der Waals surface area contributed by atoms with Crippen LogP contribution >= 0.6 is 23.1 Å². The van der Waals surface area contributed by atoms with E-state index in [0.29, 0.717) is 33.8 Å². The molecule has 160 valence electrons. The topological polar surface area (TPSA) is 87.9 Å². The summed E-state index contributed by atoms with van der Waals surface area (Å²) in [4.78, 5) is 21.5. The SMILES string of the molecule is COc1cccc(-c2csc(NC(=O)CCSc3nc(CC(C)C)ccc3C#N)n2)c1. The summed E-state index contributed by atoms with van der Waals surface area (Å²) in [5.74, 6) is 1.67. The number of thioether (sulfide) groups is 1. The number of aromatic nitrogens is 2. The Kier molecular flexibility index (Phi) is 8.04. The van der Waals surface area contributed by atoms with Crippen LogP contribution in [0.25, 0.3) is 11.3 Å². The van der Waals surface area contributed by atoms with E-state index in [9.17, 15) is 10.1 Å². The lowest BCUT2D eigenvalue weighted by atomic mass is 10.1. The fourth-order valence-corrected chi connectivity index (χ4v) is 4.54. The highest BCUT2D eigenvalue weighted by molar-refractivity contribution is 7.99. The van der Waals surface area contributed by atoms with Crippen molar-refractivity contribution in [3.05, 3.63) is 53.0 Å². The summed E-state index contributed by atoms with van der Waals surface area (Å²) in [6.07, 6.45) is 1.17. The molecule has 0 saturated heterocycles. The van der Waals surface area contributed by atoms with Crippen LogP contribution in [-0.4, -0.2) is 28.7 Å². The van der Waals surface area contributed by atoms with Gasteiger partial charge < -0.3 is 10.1 Å². The Bertz CT molecular complexity index is 1090. The predicted octanol–water partition coefficient (Wildman–Crippen LogP) is 5.40. The molecule has 2 heterocycles. The average Bonchev–Trinajstić information content (AvgIpc) is 3.22. The second-order valence-electron chi connectivity index (χ2n) is 7.28. The zero-order valence-electron chi connectivity index (χ0n) is 17.7. The molecular formula is C23H24N4O2S2. The van der Waals surface area contributed by atoms with Crippen LogP contribution in [0.4, 0.5) is 5.13 Å². The molecule has 0 aliphatic heterocycles. The van der Waals surface area contributed by atoms with E-state index < -0.39 is 0 Å². The van der Waals surface area contributed by atoms with Gasteiger partial charge >= 0.3 is 0 Å². The average molecular weight is 453 g/mol. The zero-order chi connectivity index (χ0) is 22.2. The second kappa shape index (κ2) is 10.9. The Morgan fingerprint density at radius 3 is 2.87 bits per heavy atom. The molecule has 0 aliphatic carbocycles. The lowest BCUT2D eigenvalue weighted by Gasteiger charge is -2.08. The molecule has 8 heteroatoms. The third kappa shape index (κ3) is 6.54. The summed E-state index contributed by atoms with van der Waals surface area (Å²) in [7, 11) is 1.62. The molecule has 3 aromatic rings. The standard InChI is InChI=1S/C23H24N4O2S2/c1-15(2)11-18-8-7-17(13-24)22(25-18)30-10-9-21(28)27-23-26-20(14-31-23)16-5-4-6-19(12-16)29-3/h4-8,12,14-15H,9-11H2,1-3H3,(H,26,27,28). The van der Waals surface area contributed by atoms with Crippen molar-refractivity contribution in [2.75, 3.05) is 18.2 Å². The number of carbonyl (C=O) groups excluding carboxylic acids is 1. The van der Waals surface area contributed by atoms with Crippen LogP contribution in [0.5, 0.6) is 5.75 Å². The first-order chi connectivity index (χ1) is 15.0. The largest absolute Gasteiger partial charge is 0.497 e. The van der Waals surface area contributed by atoms with Crippen LogP contribution in [0.15, 0.2) is 46.8 Å². The summed E-state index contributed by atoms with van der Waals surface area (Å²) in [5.41, 5.74) is 3.23. The predicted molar refractivity (Wildman–Crippen MR) is 126 cm³/mol. The summed E-state index contributed by atoms with van der Waals surface area (Å²) < 4.78 is 5.25. The number of benzene rings is 1. The van der Waals surface area contributed by atoms with Crippen LogP contribution in [0.2, 0.25) is 0 Å². The first kappa shape index (κ1) is 22.8. The molecule has 0 atom stereocenters. The molecule has 2 aromatic heterocycles. The minimum atomic E-state index is -0.115. The van der Waals surface area contributed by atoms with Gasteiger partial charge in [-0.25, -0.2) is 9.97 Å². The molecule has 0 bridgehead atoms. The Hall–Kier alpha value is -2.89. The quantitative estimate of drug-likeness (QED) is 0.437. The van der Waals surface area contributed by atoms with Crippen molar-refractivity contribution in [1.82, 2.24) is 9.97 Å². The molecule has 0 spiro atoms. The van der Waals surface area contributed by atoms with E-state index in [1.54, 1.807) is 7.11 Å². The van der Waals surface area contributed by atoms with Crippen LogP contribution in [0.3, 0.4) is 0 Å². The van der Waals surface area contributed by atoms with Gasteiger partial charge in [0.15, 0.2) is 5.13 Å². The fourth-order valence-electron chi connectivity index (χ4n) is 2.87. The number of ether oxygens (including phenoxy) is 1. The second-order valence-corrected chi connectivity index (χ2v) is 9.22. The van der Waals surface area contributed by atoms with Crippen molar-refractivity contribution < 1.29 is 9.53 Å². The Labute approximate surface area is 190 Å². The molecule has 0 aliphatic rings. The molecule has 1 amide bonds. The molecule has 0 radical (unpaired) electrons. The van der Waals surface area contributed by atoms with Gasteiger partial charge in [-0.15, -0.1) is 23.1 Å². The number of nitrogens with one attached hydrogen (secondary N) is 1. The first-order valence-corrected chi connectivity index (χ1v) is 11.8. The van der Waals surface area contributed by atoms with Crippen LogP contribution < -0.4 is 10.1 Å². The highest BCUT2D eigenvalue weighted by Gasteiger charge is 2.11. The van der Waals surface area contributed by atoms with Gasteiger partial charge in [-0.3, -0.25) is 4.79 Å². The smallest absolute Gasteiger partial charge is 0.226 e. The van der Waals surface area contributed by atoms with E-state index in [2.05, 4.69) is 35.2 Å². The lowest BCUT2D eigenvalue weighted by Crippen LogP contribution is -2.12. The van der Waals surface area contributed by atoms with Gasteiger partial charge in [-0.1, -0.05) is 26.0 Å². The highest BCUT2D eigenvalue weighted by atomic mass is 32.2. The van der Waals surface area contributed by atoms with E-state index in [1.165, 1.54) is 23.1 Å². The van der Waals surface area contributed by atoms with E-state index >= 15 is 0 Å². The van der Waals surface area contributed by atoms with Gasteiger partial charge in [-0.05, 0) is 36.6 Å². The lowest BCUT2D eigenvalue weighted by molar-refractivity contribution is -0.115. The Balaban J connectivity index is 1.55. The third-order valence-corrected chi connectivity index (χ3v) is 6.09. The number of methoxy groups -OCH3 is 1. The van der Waals surface area contributed by atoms with Crippen molar-refractivity contribution in [3.8, 4) is 23.1 Å². The van der Waals surface area contributed by atoms with Crippen molar-refractivity contribution in [3.63, 3.8) is 0 Å². The maximum Gasteiger partial charge on any atom is 0.226 e.